The molecule has 0 unspecified atom stereocenters. The summed E-state index contributed by atoms with van der Waals surface area (Å²) in [5, 5.41) is 10.1. The van der Waals surface area contributed by atoms with E-state index >= 15 is 0 Å². The first-order valence-electron chi connectivity index (χ1n) is 9.91. The fourth-order valence-corrected chi connectivity index (χ4v) is 4.18. The number of hydrogen-bond donors (Lipinski definition) is 1. The number of carbonyl (C=O) groups is 1. The van der Waals surface area contributed by atoms with Gasteiger partial charge in [0.15, 0.2) is 5.78 Å². The van der Waals surface area contributed by atoms with Crippen LogP contribution >= 0.6 is 0 Å². The third-order valence-electron chi connectivity index (χ3n) is 5.68. The number of piperazine rings is 1. The minimum absolute atomic E-state index is 0.0245. The molecule has 4 nitrogen and oxygen atoms in total. The molecule has 0 radical (unpaired) electrons. The average Bonchev–Trinajstić information content (AvgIpc) is 2.66. The quantitative estimate of drug-likeness (QED) is 0.602. The van der Waals surface area contributed by atoms with E-state index in [-0.39, 0.29) is 17.6 Å². The summed E-state index contributed by atoms with van der Waals surface area (Å²) in [7, 11) is 0. The van der Waals surface area contributed by atoms with Gasteiger partial charge in [-0.3, -0.25) is 14.6 Å². The standard InChI is InChI=1S/C24H30N2O2/c1-5-13-25-15-18(3)26(16-17(25)2)24(22-7-6-8-23(28)14-22)21-11-9-20(10-12-21)19(4)27/h5-12,14,17-18,24,28H,1,13,15-16H2,2-4H3/t17-,18-,24-/m1/s1. The van der Waals surface area contributed by atoms with Crippen molar-refractivity contribution in [3.63, 3.8) is 0 Å². The lowest BCUT2D eigenvalue weighted by Gasteiger charge is -2.47. The van der Waals surface area contributed by atoms with Crippen molar-refractivity contribution in [1.82, 2.24) is 9.80 Å². The lowest BCUT2D eigenvalue weighted by Crippen LogP contribution is -2.57. The zero-order valence-electron chi connectivity index (χ0n) is 17.0. The second-order valence-corrected chi connectivity index (χ2v) is 7.81. The lowest BCUT2D eigenvalue weighted by molar-refractivity contribution is 0.0306. The van der Waals surface area contributed by atoms with E-state index < -0.39 is 0 Å². The molecule has 0 bridgehead atoms. The highest BCUT2D eigenvalue weighted by molar-refractivity contribution is 5.94. The zero-order chi connectivity index (χ0) is 20.3. The van der Waals surface area contributed by atoms with Crippen molar-refractivity contribution in [3.05, 3.63) is 77.9 Å². The average molecular weight is 379 g/mol. The van der Waals surface area contributed by atoms with Gasteiger partial charge in [0.2, 0.25) is 0 Å². The first-order chi connectivity index (χ1) is 13.4. The molecule has 28 heavy (non-hydrogen) atoms. The number of phenolic OH excluding ortho intramolecular Hbond substituents is 1. The van der Waals surface area contributed by atoms with Gasteiger partial charge < -0.3 is 5.11 Å². The van der Waals surface area contributed by atoms with E-state index in [1.54, 1.807) is 13.0 Å². The smallest absolute Gasteiger partial charge is 0.159 e. The van der Waals surface area contributed by atoms with E-state index in [4.69, 9.17) is 0 Å². The van der Waals surface area contributed by atoms with Crippen LogP contribution in [0.15, 0.2) is 61.2 Å². The van der Waals surface area contributed by atoms with E-state index in [9.17, 15) is 9.90 Å². The van der Waals surface area contributed by atoms with Crippen molar-refractivity contribution in [1.29, 1.82) is 0 Å². The third kappa shape index (κ3) is 4.34. The molecule has 0 saturated carbocycles. The number of benzene rings is 2. The molecule has 0 spiro atoms. The summed E-state index contributed by atoms with van der Waals surface area (Å²) in [6.45, 7) is 12.8. The van der Waals surface area contributed by atoms with E-state index in [0.29, 0.717) is 12.1 Å². The molecular weight excluding hydrogens is 348 g/mol. The molecule has 1 N–H and O–H groups in total. The Labute approximate surface area is 168 Å². The summed E-state index contributed by atoms with van der Waals surface area (Å²) in [6.07, 6.45) is 1.96. The number of hydrogen-bond acceptors (Lipinski definition) is 4. The highest BCUT2D eigenvalue weighted by atomic mass is 16.3. The van der Waals surface area contributed by atoms with Crippen LogP contribution in [0.1, 0.15) is 48.3 Å². The van der Waals surface area contributed by atoms with Crippen LogP contribution in [0, 0.1) is 0 Å². The monoisotopic (exact) mass is 378 g/mol. The van der Waals surface area contributed by atoms with Gasteiger partial charge >= 0.3 is 0 Å². The van der Waals surface area contributed by atoms with Crippen molar-refractivity contribution in [3.8, 4) is 5.75 Å². The molecule has 0 aliphatic carbocycles. The fourth-order valence-electron chi connectivity index (χ4n) is 4.18. The summed E-state index contributed by atoms with van der Waals surface area (Å²) in [6, 6.07) is 16.2. The molecule has 2 aromatic rings. The Kier molecular flexibility index (Phi) is 6.32. The van der Waals surface area contributed by atoms with Gasteiger partial charge in [0.1, 0.15) is 5.75 Å². The lowest BCUT2D eigenvalue weighted by atomic mass is 9.92. The molecule has 0 amide bonds. The van der Waals surface area contributed by atoms with Gasteiger partial charge in [-0.15, -0.1) is 6.58 Å². The van der Waals surface area contributed by atoms with Crippen LogP contribution in [0.3, 0.4) is 0 Å². The van der Waals surface area contributed by atoms with Crippen LogP contribution in [0.25, 0.3) is 0 Å². The van der Waals surface area contributed by atoms with Gasteiger partial charge in [0, 0.05) is 37.3 Å². The third-order valence-corrected chi connectivity index (χ3v) is 5.68. The summed E-state index contributed by atoms with van der Waals surface area (Å²) in [5.74, 6) is 0.342. The number of Topliss-reactive ketones (excluding diaryl/α,β-unsaturated/α-hetero) is 1. The highest BCUT2D eigenvalue weighted by Gasteiger charge is 2.34. The minimum atomic E-state index is 0.0245. The molecule has 1 aliphatic heterocycles. The van der Waals surface area contributed by atoms with E-state index in [0.717, 1.165) is 36.3 Å². The van der Waals surface area contributed by atoms with Crippen LogP contribution in [0.5, 0.6) is 5.75 Å². The topological polar surface area (TPSA) is 43.8 Å². The van der Waals surface area contributed by atoms with Gasteiger partial charge in [-0.2, -0.15) is 0 Å². The Hall–Kier alpha value is -2.43. The van der Waals surface area contributed by atoms with Gasteiger partial charge in [-0.1, -0.05) is 42.5 Å². The van der Waals surface area contributed by atoms with Gasteiger partial charge in [-0.25, -0.2) is 0 Å². The fraction of sp³-hybridized carbons (Fsp3) is 0.375. The van der Waals surface area contributed by atoms with Crippen LogP contribution in [-0.2, 0) is 0 Å². The Bertz CT molecular complexity index is 831. The summed E-state index contributed by atoms with van der Waals surface area (Å²) in [5.41, 5.74) is 2.91. The van der Waals surface area contributed by atoms with E-state index in [1.165, 1.54) is 0 Å². The van der Waals surface area contributed by atoms with Crippen LogP contribution in [-0.4, -0.2) is 52.4 Å². The van der Waals surface area contributed by atoms with Crippen LogP contribution in [0.2, 0.25) is 0 Å². The molecule has 3 atom stereocenters. The Morgan fingerprint density at radius 2 is 1.86 bits per heavy atom. The van der Waals surface area contributed by atoms with Crippen LogP contribution < -0.4 is 0 Å². The molecule has 1 saturated heterocycles. The second kappa shape index (κ2) is 8.72. The van der Waals surface area contributed by atoms with Gasteiger partial charge in [0.25, 0.3) is 0 Å². The molecule has 1 fully saturated rings. The van der Waals surface area contributed by atoms with Crippen molar-refractivity contribution in [2.45, 2.75) is 38.9 Å². The number of aromatic hydroxyl groups is 1. The zero-order valence-corrected chi connectivity index (χ0v) is 17.0. The first-order valence-corrected chi connectivity index (χ1v) is 9.91. The first kappa shape index (κ1) is 20.3. The number of rotatable bonds is 6. The van der Waals surface area contributed by atoms with Crippen molar-refractivity contribution in [2.75, 3.05) is 19.6 Å². The predicted molar refractivity (Wildman–Crippen MR) is 114 cm³/mol. The molecule has 4 heteroatoms. The number of nitrogens with zero attached hydrogens (tertiary/aromatic N) is 2. The van der Waals surface area contributed by atoms with Crippen molar-refractivity contribution >= 4 is 5.78 Å². The molecule has 2 aromatic carbocycles. The van der Waals surface area contributed by atoms with E-state index in [2.05, 4.69) is 36.3 Å². The van der Waals surface area contributed by atoms with Gasteiger partial charge in [0.05, 0.1) is 6.04 Å². The largest absolute Gasteiger partial charge is 0.508 e. The van der Waals surface area contributed by atoms with Crippen LogP contribution in [0.4, 0.5) is 0 Å². The second-order valence-electron chi connectivity index (χ2n) is 7.81. The number of carbonyl (C=O) groups excluding carboxylic acids is 1. The molecule has 0 aromatic heterocycles. The molecule has 1 aliphatic rings. The summed E-state index contributed by atoms with van der Waals surface area (Å²) < 4.78 is 0. The summed E-state index contributed by atoms with van der Waals surface area (Å²) >= 11 is 0. The Morgan fingerprint density at radius 1 is 1.14 bits per heavy atom. The molecular formula is C24H30N2O2. The Balaban J connectivity index is 1.99. The van der Waals surface area contributed by atoms with E-state index in [1.807, 2.05) is 42.5 Å². The minimum Gasteiger partial charge on any atom is -0.508 e. The predicted octanol–water partition coefficient (Wildman–Crippen LogP) is 4.26. The maximum absolute atomic E-state index is 11.7. The maximum atomic E-state index is 11.7. The normalized spacial score (nSPS) is 22.0. The molecule has 3 rings (SSSR count). The highest BCUT2D eigenvalue weighted by Crippen LogP contribution is 2.34. The maximum Gasteiger partial charge on any atom is 0.159 e. The summed E-state index contributed by atoms with van der Waals surface area (Å²) in [4.78, 5) is 16.6. The molecule has 1 heterocycles. The molecule has 148 valence electrons. The van der Waals surface area contributed by atoms with Gasteiger partial charge in [-0.05, 0) is 44.0 Å². The number of ketones is 1. The van der Waals surface area contributed by atoms with Crippen molar-refractivity contribution in [2.24, 2.45) is 0 Å². The SMILES string of the molecule is C=CCN1C[C@@H](C)N([C@H](c2ccc(C(C)=O)cc2)c2cccc(O)c2)C[C@H]1C. The van der Waals surface area contributed by atoms with Crippen molar-refractivity contribution < 1.29 is 9.90 Å². The Morgan fingerprint density at radius 3 is 2.46 bits per heavy atom. The number of phenols is 1.